The molecule has 0 amide bonds. The molecule has 0 bridgehead atoms. The Labute approximate surface area is 86.2 Å². The Morgan fingerprint density at radius 2 is 2.07 bits per heavy atom. The Balaban J connectivity index is 2.70. The van der Waals surface area contributed by atoms with Gasteiger partial charge in [-0.1, -0.05) is 0 Å². The first-order chi connectivity index (χ1) is 6.82. The highest BCUT2D eigenvalue weighted by Crippen LogP contribution is 2.32. The Kier molecular flexibility index (Phi) is 3.64. The minimum atomic E-state index is -3.24. The molecule has 2 unspecified atom stereocenters. The molecular weight excluding hydrogens is 230 g/mol. The standard InChI is InChI=1S/C8H12F2O4S/c9-8(10)6(3-7(11)12)5-1-2-15(13,14)4-5/h5-6,8H,1-4H2,(H,11,12). The summed E-state index contributed by atoms with van der Waals surface area (Å²) in [6.07, 6.45) is -3.30. The number of carboxylic acid groups (broad SMARTS) is 1. The summed E-state index contributed by atoms with van der Waals surface area (Å²) in [4.78, 5) is 10.3. The van der Waals surface area contributed by atoms with Gasteiger partial charge >= 0.3 is 5.97 Å². The van der Waals surface area contributed by atoms with Crippen LogP contribution in [0.5, 0.6) is 0 Å². The van der Waals surface area contributed by atoms with Crippen molar-refractivity contribution in [3.8, 4) is 0 Å². The highest BCUT2D eigenvalue weighted by Gasteiger charge is 2.39. The van der Waals surface area contributed by atoms with Gasteiger partial charge in [-0.2, -0.15) is 0 Å². The Morgan fingerprint density at radius 3 is 2.40 bits per heavy atom. The van der Waals surface area contributed by atoms with E-state index in [4.69, 9.17) is 5.11 Å². The molecule has 0 aromatic rings. The topological polar surface area (TPSA) is 71.4 Å². The predicted octanol–water partition coefficient (Wildman–Crippen LogP) is 0.777. The second-order valence-electron chi connectivity index (χ2n) is 3.76. The summed E-state index contributed by atoms with van der Waals surface area (Å²) in [5.41, 5.74) is 0. The van der Waals surface area contributed by atoms with Crippen LogP contribution in [0.1, 0.15) is 12.8 Å². The number of carboxylic acids is 1. The minimum absolute atomic E-state index is 0.111. The summed E-state index contributed by atoms with van der Waals surface area (Å²) >= 11 is 0. The van der Waals surface area contributed by atoms with Gasteiger partial charge in [-0.15, -0.1) is 0 Å². The van der Waals surface area contributed by atoms with Gasteiger partial charge in [-0.25, -0.2) is 17.2 Å². The summed E-state index contributed by atoms with van der Waals surface area (Å²) in [6, 6.07) is 0. The van der Waals surface area contributed by atoms with Crippen molar-refractivity contribution in [2.24, 2.45) is 11.8 Å². The summed E-state index contributed by atoms with van der Waals surface area (Å²) in [6.45, 7) is 0. The molecule has 4 nitrogen and oxygen atoms in total. The number of hydrogen-bond donors (Lipinski definition) is 1. The molecule has 1 rings (SSSR count). The van der Waals surface area contributed by atoms with Crippen LogP contribution in [-0.4, -0.2) is 37.4 Å². The maximum Gasteiger partial charge on any atom is 0.303 e. The predicted molar refractivity (Wildman–Crippen MR) is 48.5 cm³/mol. The van der Waals surface area contributed by atoms with E-state index < -0.39 is 40.5 Å². The van der Waals surface area contributed by atoms with Gasteiger partial charge in [-0.05, 0) is 12.3 Å². The molecule has 2 atom stereocenters. The Hall–Kier alpha value is -0.720. The van der Waals surface area contributed by atoms with Crippen LogP contribution in [0.3, 0.4) is 0 Å². The number of aliphatic carboxylic acids is 1. The monoisotopic (exact) mass is 242 g/mol. The van der Waals surface area contributed by atoms with Crippen LogP contribution in [-0.2, 0) is 14.6 Å². The third-order valence-corrected chi connectivity index (χ3v) is 4.40. The zero-order valence-corrected chi connectivity index (χ0v) is 8.71. The fraction of sp³-hybridized carbons (Fsp3) is 0.875. The lowest BCUT2D eigenvalue weighted by molar-refractivity contribution is -0.140. The summed E-state index contributed by atoms with van der Waals surface area (Å²) in [5, 5.41) is 8.44. The van der Waals surface area contributed by atoms with Gasteiger partial charge in [0.2, 0.25) is 6.43 Å². The highest BCUT2D eigenvalue weighted by molar-refractivity contribution is 7.91. The first kappa shape index (κ1) is 12.4. The fourth-order valence-corrected chi connectivity index (χ4v) is 3.72. The van der Waals surface area contributed by atoms with Gasteiger partial charge in [0.05, 0.1) is 17.9 Å². The Morgan fingerprint density at radius 1 is 1.47 bits per heavy atom. The number of sulfone groups is 1. The SMILES string of the molecule is O=C(O)CC(C(F)F)C1CCS(=O)(=O)C1. The van der Waals surface area contributed by atoms with Crippen molar-refractivity contribution in [1.82, 2.24) is 0 Å². The van der Waals surface area contributed by atoms with Crippen LogP contribution in [0.25, 0.3) is 0 Å². The quantitative estimate of drug-likeness (QED) is 0.790. The van der Waals surface area contributed by atoms with Crippen LogP contribution < -0.4 is 0 Å². The molecule has 1 aliphatic rings. The van der Waals surface area contributed by atoms with Gasteiger partial charge in [0, 0.05) is 5.92 Å². The van der Waals surface area contributed by atoms with E-state index in [1.807, 2.05) is 0 Å². The van der Waals surface area contributed by atoms with Crippen molar-refractivity contribution in [2.45, 2.75) is 19.3 Å². The van der Waals surface area contributed by atoms with E-state index in [9.17, 15) is 22.0 Å². The lowest BCUT2D eigenvalue weighted by atomic mass is 9.89. The molecule has 1 saturated heterocycles. The van der Waals surface area contributed by atoms with E-state index in [2.05, 4.69) is 0 Å². The zero-order valence-electron chi connectivity index (χ0n) is 7.90. The third-order valence-electron chi connectivity index (χ3n) is 2.61. The van der Waals surface area contributed by atoms with E-state index in [0.717, 1.165) is 0 Å². The molecule has 0 aromatic carbocycles. The van der Waals surface area contributed by atoms with Gasteiger partial charge in [0.15, 0.2) is 9.84 Å². The van der Waals surface area contributed by atoms with E-state index in [0.29, 0.717) is 0 Å². The van der Waals surface area contributed by atoms with Crippen molar-refractivity contribution >= 4 is 15.8 Å². The maximum atomic E-state index is 12.5. The molecule has 15 heavy (non-hydrogen) atoms. The lowest BCUT2D eigenvalue weighted by Crippen LogP contribution is -2.26. The molecule has 0 spiro atoms. The molecule has 7 heteroatoms. The van der Waals surface area contributed by atoms with Gasteiger partial charge < -0.3 is 5.11 Å². The number of hydrogen-bond acceptors (Lipinski definition) is 3. The van der Waals surface area contributed by atoms with Crippen LogP contribution in [0, 0.1) is 11.8 Å². The average molecular weight is 242 g/mol. The fourth-order valence-electron chi connectivity index (χ4n) is 1.82. The molecule has 0 radical (unpaired) electrons. The van der Waals surface area contributed by atoms with Crippen LogP contribution >= 0.6 is 0 Å². The zero-order chi connectivity index (χ0) is 11.6. The molecular formula is C8H12F2O4S. The van der Waals surface area contributed by atoms with Gasteiger partial charge in [-0.3, -0.25) is 4.79 Å². The van der Waals surface area contributed by atoms with E-state index in [1.165, 1.54) is 0 Å². The van der Waals surface area contributed by atoms with Crippen LogP contribution in [0.2, 0.25) is 0 Å². The van der Waals surface area contributed by atoms with E-state index >= 15 is 0 Å². The number of rotatable bonds is 4. The Bertz CT molecular complexity index is 339. The molecule has 0 aromatic heterocycles. The number of halogens is 2. The minimum Gasteiger partial charge on any atom is -0.481 e. The largest absolute Gasteiger partial charge is 0.481 e. The average Bonchev–Trinajstić information content (AvgIpc) is 2.41. The first-order valence-electron chi connectivity index (χ1n) is 4.52. The van der Waals surface area contributed by atoms with Crippen LogP contribution in [0.4, 0.5) is 8.78 Å². The van der Waals surface area contributed by atoms with E-state index in [-0.39, 0.29) is 17.9 Å². The van der Waals surface area contributed by atoms with Crippen molar-refractivity contribution in [2.75, 3.05) is 11.5 Å². The van der Waals surface area contributed by atoms with Gasteiger partial charge in [0.1, 0.15) is 0 Å². The second kappa shape index (κ2) is 4.42. The molecule has 1 heterocycles. The molecule has 0 saturated carbocycles. The molecule has 0 aliphatic carbocycles. The second-order valence-corrected chi connectivity index (χ2v) is 5.99. The van der Waals surface area contributed by atoms with Crippen molar-refractivity contribution in [1.29, 1.82) is 0 Å². The van der Waals surface area contributed by atoms with Crippen molar-refractivity contribution < 1.29 is 27.1 Å². The smallest absolute Gasteiger partial charge is 0.303 e. The number of carbonyl (C=O) groups is 1. The summed E-state index contributed by atoms with van der Waals surface area (Å²) in [5.74, 6) is -3.80. The highest BCUT2D eigenvalue weighted by atomic mass is 32.2. The molecule has 1 fully saturated rings. The van der Waals surface area contributed by atoms with Crippen LogP contribution in [0.15, 0.2) is 0 Å². The summed E-state index contributed by atoms with van der Waals surface area (Å²) < 4.78 is 47.1. The third kappa shape index (κ3) is 3.40. The van der Waals surface area contributed by atoms with E-state index in [1.54, 1.807) is 0 Å². The summed E-state index contributed by atoms with van der Waals surface area (Å²) in [7, 11) is -3.24. The molecule has 1 aliphatic heterocycles. The molecule has 1 N–H and O–H groups in total. The first-order valence-corrected chi connectivity index (χ1v) is 6.34. The van der Waals surface area contributed by atoms with Crippen molar-refractivity contribution in [3.05, 3.63) is 0 Å². The lowest BCUT2D eigenvalue weighted by Gasteiger charge is -2.19. The molecule has 88 valence electrons. The maximum absolute atomic E-state index is 12.5. The normalized spacial score (nSPS) is 26.7. The van der Waals surface area contributed by atoms with Gasteiger partial charge in [0.25, 0.3) is 0 Å². The van der Waals surface area contributed by atoms with Crippen molar-refractivity contribution in [3.63, 3.8) is 0 Å². The number of alkyl halides is 2.